The molecule has 0 fully saturated rings. The van der Waals surface area contributed by atoms with E-state index in [4.69, 9.17) is 11.1 Å². The Bertz CT molecular complexity index is 411. The third kappa shape index (κ3) is 3.68. The molecule has 7 nitrogen and oxygen atoms in total. The van der Waals surface area contributed by atoms with Crippen LogP contribution >= 0.6 is 0 Å². The van der Waals surface area contributed by atoms with Gasteiger partial charge in [-0.05, 0) is 12.5 Å². The van der Waals surface area contributed by atoms with Crippen molar-refractivity contribution >= 4 is 15.9 Å². The molecule has 15 heavy (non-hydrogen) atoms. The van der Waals surface area contributed by atoms with Crippen LogP contribution in [0.1, 0.15) is 12.8 Å². The van der Waals surface area contributed by atoms with Crippen molar-refractivity contribution in [2.45, 2.75) is 17.9 Å². The van der Waals surface area contributed by atoms with Gasteiger partial charge in [0, 0.05) is 13.0 Å². The highest BCUT2D eigenvalue weighted by molar-refractivity contribution is 7.89. The van der Waals surface area contributed by atoms with Gasteiger partial charge >= 0.3 is 0 Å². The Morgan fingerprint density at radius 2 is 2.40 bits per heavy atom. The van der Waals surface area contributed by atoms with Crippen molar-refractivity contribution in [2.24, 2.45) is 5.73 Å². The van der Waals surface area contributed by atoms with E-state index in [2.05, 4.69) is 14.9 Å². The van der Waals surface area contributed by atoms with Crippen molar-refractivity contribution < 1.29 is 8.42 Å². The van der Waals surface area contributed by atoms with Gasteiger partial charge < -0.3 is 5.73 Å². The number of rotatable bonds is 6. The predicted octanol–water partition coefficient (Wildman–Crippen LogP) is -0.596. The molecule has 0 saturated heterocycles. The average molecular weight is 231 g/mol. The van der Waals surface area contributed by atoms with Crippen molar-refractivity contribution in [3.05, 3.63) is 12.3 Å². The molecular formula is C7H13N5O2S. The normalized spacial score (nSPS) is 11.5. The van der Waals surface area contributed by atoms with Crippen molar-refractivity contribution in [1.29, 1.82) is 5.41 Å². The summed E-state index contributed by atoms with van der Waals surface area (Å²) < 4.78 is 25.3. The summed E-state index contributed by atoms with van der Waals surface area (Å²) in [6, 6.07) is 1.37. The number of nitrogens with zero attached hydrogens (tertiary/aromatic N) is 1. The summed E-state index contributed by atoms with van der Waals surface area (Å²) >= 11 is 0. The standard InChI is InChI=1S/C7H13N5O2S/c8-6(9)2-1-4-11-15(13,14)7-3-5-10-12-7/h3,5,11H,1-2,4H2,(H3,8,9)(H,10,12). The minimum atomic E-state index is -3.49. The number of aromatic amines is 1. The average Bonchev–Trinajstić information content (AvgIpc) is 2.65. The monoisotopic (exact) mass is 231 g/mol. The van der Waals surface area contributed by atoms with Crippen LogP contribution in [0.3, 0.4) is 0 Å². The lowest BCUT2D eigenvalue weighted by atomic mass is 10.3. The van der Waals surface area contributed by atoms with Crippen LogP contribution in [0, 0.1) is 5.41 Å². The van der Waals surface area contributed by atoms with E-state index in [0.717, 1.165) is 0 Å². The highest BCUT2D eigenvalue weighted by atomic mass is 32.2. The molecule has 0 amide bonds. The SMILES string of the molecule is N=C(N)CCCNS(=O)(=O)c1ccn[nH]1. The van der Waals surface area contributed by atoms with Gasteiger partial charge in [-0.1, -0.05) is 0 Å². The summed E-state index contributed by atoms with van der Waals surface area (Å²) in [4.78, 5) is 0. The molecule has 0 radical (unpaired) electrons. The summed E-state index contributed by atoms with van der Waals surface area (Å²) in [7, 11) is -3.49. The molecule has 0 aliphatic carbocycles. The van der Waals surface area contributed by atoms with Crippen LogP contribution in [0.15, 0.2) is 17.3 Å². The number of aromatic nitrogens is 2. The van der Waals surface area contributed by atoms with Gasteiger partial charge in [-0.2, -0.15) is 5.10 Å². The second-order valence-corrected chi connectivity index (χ2v) is 4.68. The zero-order valence-corrected chi connectivity index (χ0v) is 8.84. The van der Waals surface area contributed by atoms with Crippen molar-refractivity contribution in [1.82, 2.24) is 14.9 Å². The minimum absolute atomic E-state index is 0.0327. The first-order valence-corrected chi connectivity index (χ1v) is 5.82. The number of sulfonamides is 1. The molecule has 1 aromatic rings. The van der Waals surface area contributed by atoms with E-state index >= 15 is 0 Å². The third-order valence-electron chi connectivity index (χ3n) is 1.68. The topological polar surface area (TPSA) is 125 Å². The van der Waals surface area contributed by atoms with Gasteiger partial charge in [0.05, 0.1) is 12.0 Å². The summed E-state index contributed by atoms with van der Waals surface area (Å²) in [5.41, 5.74) is 5.13. The maximum Gasteiger partial charge on any atom is 0.257 e. The third-order valence-corrected chi connectivity index (χ3v) is 3.07. The number of hydrogen-bond donors (Lipinski definition) is 4. The van der Waals surface area contributed by atoms with Crippen LogP contribution in [0.25, 0.3) is 0 Å². The van der Waals surface area contributed by atoms with E-state index in [1.165, 1.54) is 12.3 Å². The Labute approximate surface area is 87.6 Å². The first-order valence-electron chi connectivity index (χ1n) is 4.34. The quantitative estimate of drug-likeness (QED) is 0.296. The summed E-state index contributed by atoms with van der Waals surface area (Å²) in [5.74, 6) is 0.0516. The molecule has 0 aliphatic rings. The van der Waals surface area contributed by atoms with Crippen LogP contribution in [0.4, 0.5) is 0 Å². The summed E-state index contributed by atoms with van der Waals surface area (Å²) in [6.45, 7) is 0.251. The molecule has 1 heterocycles. The largest absolute Gasteiger partial charge is 0.388 e. The molecule has 8 heteroatoms. The lowest BCUT2D eigenvalue weighted by molar-refractivity contribution is 0.575. The maximum atomic E-state index is 11.5. The lowest BCUT2D eigenvalue weighted by Gasteiger charge is -2.03. The van der Waals surface area contributed by atoms with Gasteiger partial charge in [-0.15, -0.1) is 0 Å². The van der Waals surface area contributed by atoms with Crippen molar-refractivity contribution in [3.8, 4) is 0 Å². The predicted molar refractivity (Wildman–Crippen MR) is 54.9 cm³/mol. The second-order valence-electron chi connectivity index (χ2n) is 2.95. The smallest absolute Gasteiger partial charge is 0.257 e. The van der Waals surface area contributed by atoms with Crippen molar-refractivity contribution in [2.75, 3.05) is 6.54 Å². The van der Waals surface area contributed by atoms with Gasteiger partial charge in [0.15, 0.2) is 5.03 Å². The van der Waals surface area contributed by atoms with Crippen LogP contribution in [-0.2, 0) is 10.0 Å². The van der Waals surface area contributed by atoms with E-state index in [0.29, 0.717) is 12.8 Å². The van der Waals surface area contributed by atoms with E-state index in [9.17, 15) is 8.42 Å². The number of nitrogens with two attached hydrogens (primary N) is 1. The van der Waals surface area contributed by atoms with E-state index in [-0.39, 0.29) is 17.4 Å². The molecular weight excluding hydrogens is 218 g/mol. The maximum absolute atomic E-state index is 11.5. The zero-order chi connectivity index (χ0) is 11.3. The molecule has 0 aromatic carbocycles. The Kier molecular flexibility index (Phi) is 3.81. The van der Waals surface area contributed by atoms with E-state index in [1.54, 1.807) is 0 Å². The van der Waals surface area contributed by atoms with E-state index < -0.39 is 10.0 Å². The van der Waals surface area contributed by atoms with Crippen LogP contribution < -0.4 is 10.5 Å². The molecule has 0 aliphatic heterocycles. The van der Waals surface area contributed by atoms with Crippen LogP contribution in [0.5, 0.6) is 0 Å². The molecule has 1 rings (SSSR count). The van der Waals surface area contributed by atoms with Crippen LogP contribution in [-0.4, -0.2) is 31.0 Å². The first-order chi connectivity index (χ1) is 7.02. The number of hydrogen-bond acceptors (Lipinski definition) is 4. The Morgan fingerprint density at radius 3 is 2.93 bits per heavy atom. The molecule has 84 valence electrons. The van der Waals surface area contributed by atoms with E-state index in [1.807, 2.05) is 0 Å². The second kappa shape index (κ2) is 4.89. The molecule has 0 atom stereocenters. The molecule has 0 saturated carbocycles. The van der Waals surface area contributed by atoms with Gasteiger partial charge in [0.1, 0.15) is 0 Å². The molecule has 5 N–H and O–H groups in total. The van der Waals surface area contributed by atoms with Gasteiger partial charge in [-0.3, -0.25) is 10.5 Å². The molecule has 0 bridgehead atoms. The first kappa shape index (κ1) is 11.7. The zero-order valence-electron chi connectivity index (χ0n) is 8.03. The number of amidine groups is 1. The van der Waals surface area contributed by atoms with Crippen LogP contribution in [0.2, 0.25) is 0 Å². The Balaban J connectivity index is 2.42. The fourth-order valence-corrected chi connectivity index (χ4v) is 1.94. The summed E-state index contributed by atoms with van der Waals surface area (Å²) in [6.07, 6.45) is 2.25. The number of nitrogens with one attached hydrogen (secondary N) is 3. The minimum Gasteiger partial charge on any atom is -0.388 e. The van der Waals surface area contributed by atoms with Crippen molar-refractivity contribution in [3.63, 3.8) is 0 Å². The molecule has 1 aromatic heterocycles. The molecule has 0 unspecified atom stereocenters. The Hall–Kier alpha value is -1.41. The fourth-order valence-electron chi connectivity index (χ4n) is 0.956. The highest BCUT2D eigenvalue weighted by Crippen LogP contribution is 2.01. The van der Waals surface area contributed by atoms with Gasteiger partial charge in [0.25, 0.3) is 10.0 Å². The van der Waals surface area contributed by atoms with Gasteiger partial charge in [0.2, 0.25) is 0 Å². The highest BCUT2D eigenvalue weighted by Gasteiger charge is 2.13. The molecule has 0 spiro atoms. The lowest BCUT2D eigenvalue weighted by Crippen LogP contribution is -2.26. The summed E-state index contributed by atoms with van der Waals surface area (Å²) in [5, 5.41) is 12.9. The Morgan fingerprint density at radius 1 is 1.67 bits per heavy atom. The number of H-pyrrole nitrogens is 1. The fraction of sp³-hybridized carbons (Fsp3) is 0.429. The van der Waals surface area contributed by atoms with Gasteiger partial charge in [-0.25, -0.2) is 13.1 Å².